The number of anilines is 1. The maximum atomic E-state index is 9.89. The molecule has 0 saturated carbocycles. The molecule has 0 aliphatic carbocycles. The molecule has 3 N–H and O–H groups in total. The number of aromatic hydroxyl groups is 1. The number of phenols is 1. The molecule has 0 radical (unpaired) electrons. The van der Waals surface area contributed by atoms with Crippen molar-refractivity contribution in [1.29, 1.82) is 0 Å². The molecule has 0 saturated heterocycles. The number of hydrogen-bond acceptors (Lipinski definition) is 5. The topological polar surface area (TPSA) is 79.5 Å². The first kappa shape index (κ1) is 26.6. The van der Waals surface area contributed by atoms with Crippen molar-refractivity contribution < 1.29 is 14.9 Å². The number of para-hydroxylation sites is 2. The average molecular weight is 538 g/mol. The number of aromatic nitrogens is 2. The van der Waals surface area contributed by atoms with Gasteiger partial charge in [0.2, 0.25) is 0 Å². The second kappa shape index (κ2) is 13.2. The van der Waals surface area contributed by atoms with E-state index in [1.54, 1.807) is 25.3 Å². The van der Waals surface area contributed by atoms with E-state index in [0.29, 0.717) is 17.4 Å². The Bertz CT molecular complexity index is 1190. The van der Waals surface area contributed by atoms with Crippen LogP contribution in [-0.4, -0.2) is 43.7 Å². The molecule has 4 aromatic rings. The molecule has 2 atom stereocenters. The van der Waals surface area contributed by atoms with E-state index in [1.165, 1.54) is 28.8 Å². The van der Waals surface area contributed by atoms with Crippen LogP contribution in [0.3, 0.4) is 0 Å². The van der Waals surface area contributed by atoms with Crippen molar-refractivity contribution in [3.8, 4) is 11.5 Å². The Morgan fingerprint density at radius 1 is 1.06 bits per heavy atom. The van der Waals surface area contributed by atoms with Crippen LogP contribution >= 0.6 is 0 Å². The summed E-state index contributed by atoms with van der Waals surface area (Å²) in [5.74, 6) is 1.74. The number of rotatable bonds is 9. The third kappa shape index (κ3) is 7.78. The van der Waals surface area contributed by atoms with Crippen molar-refractivity contribution >= 4 is 33.6 Å². The summed E-state index contributed by atoms with van der Waals surface area (Å²) in [5.41, 5.74) is 4.86. The van der Waals surface area contributed by atoms with Gasteiger partial charge in [0.05, 0.1) is 24.5 Å². The van der Waals surface area contributed by atoms with Crippen LogP contribution in [0.2, 0.25) is 5.21 Å². The van der Waals surface area contributed by atoms with Crippen molar-refractivity contribution in [3.63, 3.8) is 0 Å². The SMILES string of the molecule is CC(C)CCn1cnc2ccccc21.COc1ccc(CNc2cc(C(O)C[AsH2])ccc2O)cc1. The molecule has 1 aromatic heterocycles. The number of nitrogens with one attached hydrogen (secondary N) is 1. The number of phenolic OH excluding ortho intramolecular Hbond substituents is 1. The van der Waals surface area contributed by atoms with Gasteiger partial charge in [-0.2, -0.15) is 0 Å². The summed E-state index contributed by atoms with van der Waals surface area (Å²) >= 11 is 1.48. The zero-order chi connectivity index (χ0) is 25.2. The van der Waals surface area contributed by atoms with E-state index in [4.69, 9.17) is 4.74 Å². The second-order valence-electron chi connectivity index (χ2n) is 8.84. The van der Waals surface area contributed by atoms with Crippen molar-refractivity contribution in [2.45, 2.75) is 44.7 Å². The first-order valence-corrected chi connectivity index (χ1v) is 13.6. The normalized spacial score (nSPS) is 11.7. The van der Waals surface area contributed by atoms with Crippen LogP contribution in [0.1, 0.15) is 37.5 Å². The molecule has 0 fully saturated rings. The molecule has 186 valence electrons. The van der Waals surface area contributed by atoms with E-state index >= 15 is 0 Å². The standard InChI is InChI=1S/C16H20AsNO3.C12H16N2/c1-21-13-5-2-11(3-6-13)10-18-14-8-12(16(20)9-17)4-7-15(14)19;1-10(2)7-8-14-9-13-11-5-3-4-6-12(11)14/h2-8,16,18-20H,9-10,17H2,1H3;3-6,9-10H,7-8H2,1-2H3. The minimum atomic E-state index is -0.480. The molecular formula is C28H36AsN3O3. The van der Waals surface area contributed by atoms with E-state index in [-0.39, 0.29) is 5.75 Å². The molecule has 1 heterocycles. The Hall–Kier alpha value is -2.95. The molecule has 35 heavy (non-hydrogen) atoms. The van der Waals surface area contributed by atoms with Crippen LogP contribution in [-0.2, 0) is 13.1 Å². The van der Waals surface area contributed by atoms with Gasteiger partial charge in [-0.05, 0) is 24.5 Å². The monoisotopic (exact) mass is 537 g/mol. The molecule has 0 amide bonds. The number of aryl methyl sites for hydroxylation is 1. The molecule has 0 spiro atoms. The zero-order valence-electron chi connectivity index (χ0n) is 20.7. The molecule has 7 heteroatoms. The fraction of sp³-hybridized carbons (Fsp3) is 0.321. The van der Waals surface area contributed by atoms with E-state index in [2.05, 4.69) is 46.9 Å². The van der Waals surface area contributed by atoms with E-state index < -0.39 is 6.10 Å². The van der Waals surface area contributed by atoms with Crippen molar-refractivity contribution in [2.75, 3.05) is 12.4 Å². The number of aliphatic hydroxyl groups is 1. The number of nitrogens with zero attached hydrogens (tertiary/aromatic N) is 2. The zero-order valence-corrected chi connectivity index (χ0v) is 23.1. The molecule has 6 nitrogen and oxygen atoms in total. The first-order chi connectivity index (χ1) is 16.9. The second-order valence-corrected chi connectivity index (χ2v) is 9.83. The van der Waals surface area contributed by atoms with E-state index in [0.717, 1.165) is 34.9 Å². The fourth-order valence-electron chi connectivity index (χ4n) is 3.57. The Balaban J connectivity index is 0.000000211. The number of benzene rings is 3. The predicted octanol–water partition coefficient (Wildman–Crippen LogP) is 5.18. The number of imidazole rings is 1. The minimum absolute atomic E-state index is 0.182. The average Bonchev–Trinajstić information content (AvgIpc) is 3.30. The van der Waals surface area contributed by atoms with Crippen LogP contribution in [0.5, 0.6) is 11.5 Å². The fourth-order valence-corrected chi connectivity index (χ4v) is 4.14. The van der Waals surface area contributed by atoms with Gasteiger partial charge in [-0.3, -0.25) is 0 Å². The van der Waals surface area contributed by atoms with Gasteiger partial charge in [0, 0.05) is 6.54 Å². The van der Waals surface area contributed by atoms with Gasteiger partial charge in [0.15, 0.2) is 0 Å². The van der Waals surface area contributed by atoms with Crippen LogP contribution in [0.4, 0.5) is 5.69 Å². The Morgan fingerprint density at radius 2 is 1.80 bits per heavy atom. The molecule has 0 aliphatic rings. The predicted molar refractivity (Wildman–Crippen MR) is 146 cm³/mol. The van der Waals surface area contributed by atoms with Crippen molar-refractivity contribution in [2.24, 2.45) is 5.92 Å². The summed E-state index contributed by atoms with van der Waals surface area (Å²) < 4.78 is 7.35. The van der Waals surface area contributed by atoms with Crippen LogP contribution in [0.25, 0.3) is 11.0 Å². The van der Waals surface area contributed by atoms with Crippen LogP contribution in [0, 0.1) is 5.92 Å². The molecule has 0 aliphatic heterocycles. The van der Waals surface area contributed by atoms with Gasteiger partial charge in [-0.25, -0.2) is 4.98 Å². The van der Waals surface area contributed by atoms with E-state index in [1.807, 2.05) is 36.7 Å². The van der Waals surface area contributed by atoms with Gasteiger partial charge in [-0.1, -0.05) is 26.0 Å². The summed E-state index contributed by atoms with van der Waals surface area (Å²) in [6.07, 6.45) is 2.67. The number of hydrogen-bond donors (Lipinski definition) is 3. The van der Waals surface area contributed by atoms with Gasteiger partial charge in [0.25, 0.3) is 0 Å². The number of aliphatic hydroxyl groups excluding tert-OH is 1. The molecular weight excluding hydrogens is 501 g/mol. The third-order valence-corrected chi connectivity index (χ3v) is 6.68. The van der Waals surface area contributed by atoms with Crippen LogP contribution < -0.4 is 10.1 Å². The van der Waals surface area contributed by atoms with Gasteiger partial charge < -0.3 is 4.57 Å². The maximum absolute atomic E-state index is 9.89. The third-order valence-electron chi connectivity index (χ3n) is 5.75. The Morgan fingerprint density at radius 3 is 2.49 bits per heavy atom. The first-order valence-electron chi connectivity index (χ1n) is 11.9. The molecule has 4 rings (SSSR count). The number of ether oxygens (including phenoxy) is 1. The molecule has 0 bridgehead atoms. The van der Waals surface area contributed by atoms with E-state index in [9.17, 15) is 10.2 Å². The summed E-state index contributed by atoms with van der Waals surface area (Å²) in [5, 5.41) is 23.7. The Labute approximate surface area is 216 Å². The summed E-state index contributed by atoms with van der Waals surface area (Å²) in [4.78, 5) is 4.36. The quantitative estimate of drug-likeness (QED) is 0.203. The molecule has 2 unspecified atom stereocenters. The number of fused-ring (bicyclic) bond motifs is 1. The van der Waals surface area contributed by atoms with Crippen molar-refractivity contribution in [1.82, 2.24) is 9.55 Å². The molecule has 3 aromatic carbocycles. The van der Waals surface area contributed by atoms with Gasteiger partial charge in [-0.15, -0.1) is 0 Å². The number of methoxy groups -OCH3 is 1. The Kier molecular flexibility index (Phi) is 10.1. The summed E-state index contributed by atoms with van der Waals surface area (Å²) in [6, 6.07) is 21.2. The van der Waals surface area contributed by atoms with Gasteiger partial charge >= 0.3 is 126 Å². The van der Waals surface area contributed by atoms with Crippen molar-refractivity contribution in [3.05, 3.63) is 84.2 Å². The van der Waals surface area contributed by atoms with Gasteiger partial charge in [0.1, 0.15) is 0 Å². The van der Waals surface area contributed by atoms with Crippen LogP contribution in [0.15, 0.2) is 73.1 Å². The summed E-state index contributed by atoms with van der Waals surface area (Å²) in [7, 11) is 1.64. The summed E-state index contributed by atoms with van der Waals surface area (Å²) in [6.45, 7) is 6.16.